The van der Waals surface area contributed by atoms with Gasteiger partial charge in [0.2, 0.25) is 0 Å². The Labute approximate surface area is 117 Å². The molecule has 0 aromatic heterocycles. The van der Waals surface area contributed by atoms with Gasteiger partial charge in [0.15, 0.2) is 0 Å². The molecule has 3 rings (SSSR count). The summed E-state index contributed by atoms with van der Waals surface area (Å²) in [5.74, 6) is 0.878. The van der Waals surface area contributed by atoms with Crippen molar-refractivity contribution in [3.05, 3.63) is 65.5 Å². The van der Waals surface area contributed by atoms with Gasteiger partial charge in [-0.25, -0.2) is 4.39 Å². The van der Waals surface area contributed by atoms with Crippen molar-refractivity contribution < 1.29 is 4.39 Å². The summed E-state index contributed by atoms with van der Waals surface area (Å²) in [5, 5.41) is 3.63. The lowest BCUT2D eigenvalue weighted by atomic mass is 10.0. The molecule has 19 heavy (non-hydrogen) atoms. The van der Waals surface area contributed by atoms with E-state index < -0.39 is 0 Å². The van der Waals surface area contributed by atoms with Crippen LogP contribution < -0.4 is 5.32 Å². The Morgan fingerprint density at radius 1 is 1.16 bits per heavy atom. The first-order valence-corrected chi connectivity index (χ1v) is 7.46. The van der Waals surface area contributed by atoms with Gasteiger partial charge >= 0.3 is 0 Å². The van der Waals surface area contributed by atoms with Crippen LogP contribution in [-0.2, 0) is 0 Å². The highest BCUT2D eigenvalue weighted by molar-refractivity contribution is 7.99. The lowest BCUT2D eigenvalue weighted by molar-refractivity contribution is 0.500. The maximum Gasteiger partial charge on any atom is 0.123 e. The summed E-state index contributed by atoms with van der Waals surface area (Å²) in [6.07, 6.45) is 0. The molecule has 0 spiro atoms. The Kier molecular flexibility index (Phi) is 3.58. The van der Waals surface area contributed by atoms with Crippen molar-refractivity contribution in [2.45, 2.75) is 23.9 Å². The van der Waals surface area contributed by atoms with E-state index in [0.717, 1.165) is 11.3 Å². The van der Waals surface area contributed by atoms with Crippen LogP contribution in [0.4, 0.5) is 4.39 Å². The molecule has 0 fully saturated rings. The van der Waals surface area contributed by atoms with Crippen LogP contribution in [0.1, 0.15) is 30.1 Å². The molecule has 2 unspecified atom stereocenters. The van der Waals surface area contributed by atoms with Crippen LogP contribution in [0.3, 0.4) is 0 Å². The summed E-state index contributed by atoms with van der Waals surface area (Å²) in [4.78, 5) is 1.37. The molecule has 98 valence electrons. The minimum atomic E-state index is -0.183. The molecular formula is C16H16FNS. The van der Waals surface area contributed by atoms with Crippen molar-refractivity contribution >= 4 is 11.8 Å². The molecule has 0 radical (unpaired) electrons. The van der Waals surface area contributed by atoms with Gasteiger partial charge in [0.25, 0.3) is 0 Å². The van der Waals surface area contributed by atoms with E-state index in [9.17, 15) is 4.39 Å². The summed E-state index contributed by atoms with van der Waals surface area (Å²) in [6.45, 7) is 2.12. The topological polar surface area (TPSA) is 12.0 Å². The van der Waals surface area contributed by atoms with Gasteiger partial charge in [-0.05, 0) is 36.2 Å². The molecule has 3 heteroatoms. The van der Waals surface area contributed by atoms with Gasteiger partial charge in [-0.2, -0.15) is 0 Å². The zero-order valence-electron chi connectivity index (χ0n) is 10.8. The molecule has 2 atom stereocenters. The van der Waals surface area contributed by atoms with Gasteiger partial charge in [-0.15, -0.1) is 11.8 Å². The monoisotopic (exact) mass is 273 g/mol. The van der Waals surface area contributed by atoms with Gasteiger partial charge in [-0.3, -0.25) is 0 Å². The fourth-order valence-electron chi connectivity index (χ4n) is 2.45. The molecular weight excluding hydrogens is 257 g/mol. The standard InChI is InChI=1S/C16H16FNS/c1-11(12-6-8-13(17)9-7-12)18-15-10-19-16-5-3-2-4-14(15)16/h2-9,11,15,18H,10H2,1H3. The molecule has 0 saturated carbocycles. The number of hydrogen-bond donors (Lipinski definition) is 1. The minimum absolute atomic E-state index is 0.183. The predicted molar refractivity (Wildman–Crippen MR) is 77.9 cm³/mol. The van der Waals surface area contributed by atoms with Crippen LogP contribution in [0.15, 0.2) is 53.4 Å². The second-order valence-electron chi connectivity index (χ2n) is 4.84. The van der Waals surface area contributed by atoms with Gasteiger partial charge in [0, 0.05) is 22.7 Å². The Hall–Kier alpha value is -1.32. The van der Waals surface area contributed by atoms with Gasteiger partial charge < -0.3 is 5.32 Å². The number of rotatable bonds is 3. The van der Waals surface area contributed by atoms with Crippen LogP contribution >= 0.6 is 11.8 Å². The predicted octanol–water partition coefficient (Wildman–Crippen LogP) is 4.32. The van der Waals surface area contributed by atoms with Crippen molar-refractivity contribution in [3.8, 4) is 0 Å². The average Bonchev–Trinajstić information content (AvgIpc) is 2.83. The first kappa shape index (κ1) is 12.7. The molecule has 0 amide bonds. The maximum absolute atomic E-state index is 12.9. The summed E-state index contributed by atoms with van der Waals surface area (Å²) < 4.78 is 12.9. The van der Waals surface area contributed by atoms with E-state index in [4.69, 9.17) is 0 Å². The first-order chi connectivity index (χ1) is 9.24. The first-order valence-electron chi connectivity index (χ1n) is 6.47. The Morgan fingerprint density at radius 2 is 1.89 bits per heavy atom. The van der Waals surface area contributed by atoms with Crippen molar-refractivity contribution in [2.75, 3.05) is 5.75 Å². The normalized spacial score (nSPS) is 19.2. The van der Waals surface area contributed by atoms with E-state index >= 15 is 0 Å². The van der Waals surface area contributed by atoms with Crippen LogP contribution in [0.5, 0.6) is 0 Å². The van der Waals surface area contributed by atoms with Crippen molar-refractivity contribution in [3.63, 3.8) is 0 Å². The van der Waals surface area contributed by atoms with E-state index in [1.54, 1.807) is 0 Å². The fraction of sp³-hybridized carbons (Fsp3) is 0.250. The Balaban J connectivity index is 1.74. The van der Waals surface area contributed by atoms with Crippen molar-refractivity contribution in [1.29, 1.82) is 0 Å². The Bertz CT molecular complexity index is 567. The van der Waals surface area contributed by atoms with Gasteiger partial charge in [0.05, 0.1) is 0 Å². The molecule has 0 saturated heterocycles. The number of halogens is 1. The molecule has 0 bridgehead atoms. The summed E-state index contributed by atoms with van der Waals surface area (Å²) >= 11 is 1.89. The maximum atomic E-state index is 12.9. The third-order valence-electron chi connectivity index (χ3n) is 3.52. The van der Waals surface area contributed by atoms with E-state index in [-0.39, 0.29) is 11.9 Å². The average molecular weight is 273 g/mol. The molecule has 1 aliphatic rings. The number of fused-ring (bicyclic) bond motifs is 1. The van der Waals surface area contributed by atoms with Crippen molar-refractivity contribution in [1.82, 2.24) is 5.32 Å². The molecule has 1 nitrogen and oxygen atoms in total. The van der Waals surface area contributed by atoms with E-state index in [2.05, 4.69) is 36.5 Å². The molecule has 0 aliphatic carbocycles. The molecule has 1 N–H and O–H groups in total. The number of nitrogens with one attached hydrogen (secondary N) is 1. The van der Waals surface area contributed by atoms with E-state index in [1.807, 2.05) is 23.9 Å². The van der Waals surface area contributed by atoms with Gasteiger partial charge in [0.1, 0.15) is 5.82 Å². The second kappa shape index (κ2) is 5.35. The highest BCUT2D eigenvalue weighted by Gasteiger charge is 2.23. The van der Waals surface area contributed by atoms with Crippen molar-refractivity contribution in [2.24, 2.45) is 0 Å². The zero-order valence-corrected chi connectivity index (χ0v) is 11.6. The fourth-order valence-corrected chi connectivity index (χ4v) is 3.62. The largest absolute Gasteiger partial charge is 0.303 e. The Morgan fingerprint density at radius 3 is 2.68 bits per heavy atom. The third kappa shape index (κ3) is 2.67. The second-order valence-corrected chi connectivity index (χ2v) is 5.90. The molecule has 1 heterocycles. The van der Waals surface area contributed by atoms with E-state index in [1.165, 1.54) is 22.6 Å². The van der Waals surface area contributed by atoms with Crippen LogP contribution in [0.2, 0.25) is 0 Å². The lowest BCUT2D eigenvalue weighted by Gasteiger charge is -2.20. The highest BCUT2D eigenvalue weighted by atomic mass is 32.2. The van der Waals surface area contributed by atoms with E-state index in [0.29, 0.717) is 6.04 Å². The van der Waals surface area contributed by atoms with Crippen LogP contribution in [0, 0.1) is 5.82 Å². The number of thioether (sulfide) groups is 1. The summed E-state index contributed by atoms with van der Waals surface area (Å²) in [7, 11) is 0. The van der Waals surface area contributed by atoms with Gasteiger partial charge in [-0.1, -0.05) is 30.3 Å². The van der Waals surface area contributed by atoms with Crippen LogP contribution in [-0.4, -0.2) is 5.75 Å². The zero-order chi connectivity index (χ0) is 13.2. The summed E-state index contributed by atoms with van der Waals surface area (Å²) in [5.41, 5.74) is 2.50. The third-order valence-corrected chi connectivity index (χ3v) is 4.70. The summed E-state index contributed by atoms with van der Waals surface area (Å²) in [6, 6.07) is 15.9. The molecule has 2 aromatic rings. The smallest absolute Gasteiger partial charge is 0.123 e. The SMILES string of the molecule is CC(NC1CSc2ccccc21)c1ccc(F)cc1. The number of benzene rings is 2. The van der Waals surface area contributed by atoms with Crippen LogP contribution in [0.25, 0.3) is 0 Å². The molecule has 2 aromatic carbocycles. The number of hydrogen-bond acceptors (Lipinski definition) is 2. The minimum Gasteiger partial charge on any atom is -0.303 e. The molecule has 1 aliphatic heterocycles. The highest BCUT2D eigenvalue weighted by Crippen LogP contribution is 2.38. The quantitative estimate of drug-likeness (QED) is 0.893. The lowest BCUT2D eigenvalue weighted by Crippen LogP contribution is -2.24.